The summed E-state index contributed by atoms with van der Waals surface area (Å²) in [4.78, 5) is 10.7. The van der Waals surface area contributed by atoms with Crippen molar-refractivity contribution >= 4 is 6.09 Å². The molecular formula is C15H31NO3. The van der Waals surface area contributed by atoms with Crippen LogP contribution in [0.3, 0.4) is 0 Å². The van der Waals surface area contributed by atoms with Crippen molar-refractivity contribution in [2.24, 2.45) is 10.8 Å². The average Bonchev–Trinajstić information content (AvgIpc) is 2.42. The van der Waals surface area contributed by atoms with E-state index in [-0.39, 0.29) is 10.8 Å². The number of ether oxygens (including phenoxy) is 1. The fourth-order valence-corrected chi connectivity index (χ4v) is 1.99. The topological polar surface area (TPSA) is 58.6 Å². The van der Waals surface area contributed by atoms with Gasteiger partial charge in [-0.15, -0.1) is 0 Å². The zero-order valence-corrected chi connectivity index (χ0v) is 13.2. The van der Waals surface area contributed by atoms with E-state index in [2.05, 4.69) is 39.9 Å². The maximum absolute atomic E-state index is 10.7. The molecule has 2 N–H and O–H groups in total. The molecular weight excluding hydrogens is 242 g/mol. The van der Waals surface area contributed by atoms with Crippen molar-refractivity contribution in [3.63, 3.8) is 0 Å². The van der Waals surface area contributed by atoms with Crippen molar-refractivity contribution in [1.82, 2.24) is 5.32 Å². The molecule has 0 radical (unpaired) electrons. The van der Waals surface area contributed by atoms with Crippen LogP contribution in [0.4, 0.5) is 4.79 Å². The zero-order valence-electron chi connectivity index (χ0n) is 13.2. The Hall–Kier alpha value is -0.770. The van der Waals surface area contributed by atoms with E-state index in [1.165, 1.54) is 0 Å². The van der Waals surface area contributed by atoms with Gasteiger partial charge < -0.3 is 15.2 Å². The van der Waals surface area contributed by atoms with Gasteiger partial charge in [0.05, 0.1) is 13.2 Å². The molecule has 0 aromatic rings. The van der Waals surface area contributed by atoms with Gasteiger partial charge in [0, 0.05) is 12.0 Å². The molecule has 4 heteroatoms. The van der Waals surface area contributed by atoms with E-state index in [0.29, 0.717) is 13.2 Å². The minimum absolute atomic E-state index is 0.0826. The zero-order chi connectivity index (χ0) is 14.9. The Bertz CT molecular complexity index is 258. The lowest BCUT2D eigenvalue weighted by atomic mass is 9.82. The Morgan fingerprint density at radius 2 is 1.58 bits per heavy atom. The Morgan fingerprint density at radius 3 is 1.95 bits per heavy atom. The number of hydrogen-bond acceptors (Lipinski definition) is 2. The first kappa shape index (κ1) is 18.2. The molecule has 0 saturated heterocycles. The van der Waals surface area contributed by atoms with E-state index >= 15 is 0 Å². The molecule has 0 aromatic carbocycles. The molecule has 0 saturated carbocycles. The summed E-state index contributed by atoms with van der Waals surface area (Å²) in [6.45, 7) is 12.6. The van der Waals surface area contributed by atoms with Crippen molar-refractivity contribution in [1.29, 1.82) is 0 Å². The fraction of sp³-hybridized carbons (Fsp3) is 0.933. The van der Waals surface area contributed by atoms with E-state index in [4.69, 9.17) is 9.84 Å². The first-order valence-electron chi connectivity index (χ1n) is 7.41. The highest BCUT2D eigenvalue weighted by molar-refractivity contribution is 5.64. The van der Waals surface area contributed by atoms with E-state index in [1.54, 1.807) is 0 Å². The second-order valence-corrected chi connectivity index (χ2v) is 5.88. The van der Waals surface area contributed by atoms with E-state index in [9.17, 15) is 4.79 Å². The van der Waals surface area contributed by atoms with E-state index in [1.807, 2.05) is 0 Å². The van der Waals surface area contributed by atoms with E-state index in [0.717, 1.165) is 32.3 Å². The molecule has 0 aliphatic rings. The highest BCUT2D eigenvalue weighted by Crippen LogP contribution is 2.29. The van der Waals surface area contributed by atoms with Gasteiger partial charge in [0.15, 0.2) is 0 Å². The van der Waals surface area contributed by atoms with Crippen molar-refractivity contribution in [2.75, 3.05) is 19.8 Å². The Balaban J connectivity index is 4.38. The van der Waals surface area contributed by atoms with Crippen LogP contribution in [0.5, 0.6) is 0 Å². The van der Waals surface area contributed by atoms with Gasteiger partial charge in [-0.05, 0) is 31.1 Å². The Kier molecular flexibility index (Phi) is 8.07. The first-order chi connectivity index (χ1) is 8.87. The van der Waals surface area contributed by atoms with Crippen LogP contribution < -0.4 is 5.32 Å². The Morgan fingerprint density at radius 1 is 1.05 bits per heavy atom. The van der Waals surface area contributed by atoms with Gasteiger partial charge in [0.25, 0.3) is 0 Å². The SMILES string of the molecule is CCC(C)(CC)COCC(CC)(CC)CNC(=O)O. The maximum atomic E-state index is 10.7. The van der Waals surface area contributed by atoms with Crippen LogP contribution in [-0.4, -0.2) is 31.0 Å². The van der Waals surface area contributed by atoms with Gasteiger partial charge in [0.1, 0.15) is 0 Å². The van der Waals surface area contributed by atoms with Crippen LogP contribution in [-0.2, 0) is 4.74 Å². The van der Waals surface area contributed by atoms with Crippen LogP contribution in [0, 0.1) is 10.8 Å². The smallest absolute Gasteiger partial charge is 0.404 e. The van der Waals surface area contributed by atoms with Crippen LogP contribution >= 0.6 is 0 Å². The number of hydrogen-bond donors (Lipinski definition) is 2. The molecule has 0 atom stereocenters. The van der Waals surface area contributed by atoms with Gasteiger partial charge in [-0.3, -0.25) is 0 Å². The molecule has 19 heavy (non-hydrogen) atoms. The third-order valence-electron chi connectivity index (χ3n) is 4.68. The molecule has 0 unspecified atom stereocenters. The average molecular weight is 273 g/mol. The standard InChI is InChI=1S/C15H31NO3/c1-6-14(5,7-2)11-19-12-15(8-3,9-4)10-16-13(17)18/h16H,6-12H2,1-5H3,(H,17,18). The summed E-state index contributed by atoms with van der Waals surface area (Å²) in [6, 6.07) is 0. The summed E-state index contributed by atoms with van der Waals surface area (Å²) in [5.74, 6) is 0. The molecule has 0 fully saturated rings. The molecule has 4 nitrogen and oxygen atoms in total. The van der Waals surface area contributed by atoms with Crippen molar-refractivity contribution in [3.8, 4) is 0 Å². The van der Waals surface area contributed by atoms with Gasteiger partial charge in [0.2, 0.25) is 0 Å². The fourth-order valence-electron chi connectivity index (χ4n) is 1.99. The van der Waals surface area contributed by atoms with E-state index < -0.39 is 6.09 Å². The van der Waals surface area contributed by atoms with Crippen LogP contribution in [0.1, 0.15) is 60.3 Å². The summed E-state index contributed by atoms with van der Waals surface area (Å²) >= 11 is 0. The van der Waals surface area contributed by atoms with Crippen LogP contribution in [0.2, 0.25) is 0 Å². The van der Waals surface area contributed by atoms with Gasteiger partial charge >= 0.3 is 6.09 Å². The highest BCUT2D eigenvalue weighted by atomic mass is 16.5. The number of rotatable bonds is 10. The molecule has 0 rings (SSSR count). The second-order valence-electron chi connectivity index (χ2n) is 5.88. The normalized spacial score (nSPS) is 12.5. The Labute approximate surface area is 117 Å². The third-order valence-corrected chi connectivity index (χ3v) is 4.68. The lowest BCUT2D eigenvalue weighted by Crippen LogP contribution is -2.40. The van der Waals surface area contributed by atoms with Crippen LogP contribution in [0.25, 0.3) is 0 Å². The first-order valence-corrected chi connectivity index (χ1v) is 7.41. The number of carboxylic acid groups (broad SMARTS) is 1. The molecule has 0 heterocycles. The molecule has 0 aliphatic heterocycles. The number of carbonyl (C=O) groups is 1. The predicted molar refractivity (Wildman–Crippen MR) is 78.6 cm³/mol. The molecule has 1 amide bonds. The minimum Gasteiger partial charge on any atom is -0.465 e. The lowest BCUT2D eigenvalue weighted by Gasteiger charge is -2.34. The number of amides is 1. The summed E-state index contributed by atoms with van der Waals surface area (Å²) in [7, 11) is 0. The van der Waals surface area contributed by atoms with Crippen molar-refractivity contribution in [2.45, 2.75) is 60.3 Å². The van der Waals surface area contributed by atoms with Crippen LogP contribution in [0.15, 0.2) is 0 Å². The quantitative estimate of drug-likeness (QED) is 0.634. The molecule has 0 aliphatic carbocycles. The summed E-state index contributed by atoms with van der Waals surface area (Å²) in [5, 5.41) is 11.2. The molecule has 0 spiro atoms. The predicted octanol–water partition coefficient (Wildman–Crippen LogP) is 3.90. The second kappa shape index (κ2) is 8.41. The third kappa shape index (κ3) is 6.28. The van der Waals surface area contributed by atoms with Gasteiger partial charge in [-0.1, -0.05) is 34.6 Å². The number of nitrogens with one attached hydrogen (secondary N) is 1. The minimum atomic E-state index is -0.960. The lowest BCUT2D eigenvalue weighted by molar-refractivity contribution is -0.00841. The summed E-state index contributed by atoms with van der Waals surface area (Å²) in [6.07, 6.45) is 3.07. The largest absolute Gasteiger partial charge is 0.465 e. The molecule has 0 bridgehead atoms. The highest BCUT2D eigenvalue weighted by Gasteiger charge is 2.29. The molecule has 114 valence electrons. The molecule has 0 aromatic heterocycles. The maximum Gasteiger partial charge on any atom is 0.404 e. The summed E-state index contributed by atoms with van der Waals surface area (Å²) in [5.41, 5.74) is 0.147. The van der Waals surface area contributed by atoms with Gasteiger partial charge in [-0.2, -0.15) is 0 Å². The monoisotopic (exact) mass is 273 g/mol. The van der Waals surface area contributed by atoms with Crippen molar-refractivity contribution in [3.05, 3.63) is 0 Å². The summed E-state index contributed by atoms with van der Waals surface area (Å²) < 4.78 is 5.93. The van der Waals surface area contributed by atoms with Gasteiger partial charge in [-0.25, -0.2) is 4.79 Å². The van der Waals surface area contributed by atoms with Crippen molar-refractivity contribution < 1.29 is 14.6 Å².